The van der Waals surface area contributed by atoms with Crippen molar-refractivity contribution in [3.63, 3.8) is 0 Å². The standard InChI is InChI=1S/C26H24FN5O/c1-31-10-5-11-32(13-12-31)23-15-22-21(14-20(23)27)28-26(29-22)19-9-4-8-18-24(19)16-6-2-3-7-17(16)25(18)30-33/h2-4,6-9,14-15,33H,5,10-13H2,1H3,(H,28,29). The summed E-state index contributed by atoms with van der Waals surface area (Å²) in [5, 5.41) is 13.2. The molecule has 0 spiro atoms. The van der Waals surface area contributed by atoms with E-state index < -0.39 is 0 Å². The second-order valence-electron chi connectivity index (χ2n) is 8.77. The molecule has 7 heteroatoms. The lowest BCUT2D eigenvalue weighted by Crippen LogP contribution is -2.29. The van der Waals surface area contributed by atoms with Crippen LogP contribution in [0.15, 0.2) is 59.8 Å². The van der Waals surface area contributed by atoms with E-state index in [2.05, 4.69) is 27.0 Å². The molecule has 1 aromatic heterocycles. The number of aromatic nitrogens is 2. The number of fused-ring (bicyclic) bond motifs is 4. The van der Waals surface area contributed by atoms with Gasteiger partial charge in [0.25, 0.3) is 0 Å². The van der Waals surface area contributed by atoms with Crippen LogP contribution in [0.5, 0.6) is 0 Å². The number of nitrogens with one attached hydrogen (secondary N) is 1. The Bertz CT molecular complexity index is 1410. The lowest BCUT2D eigenvalue weighted by molar-refractivity contribution is 0.320. The van der Waals surface area contributed by atoms with Crippen LogP contribution in [-0.2, 0) is 0 Å². The number of likely N-dealkylation sites (N-methyl/N-ethyl adjacent to an activating group) is 1. The molecule has 3 aromatic carbocycles. The third-order valence-corrected chi connectivity index (χ3v) is 6.74. The van der Waals surface area contributed by atoms with Gasteiger partial charge in [0.15, 0.2) is 0 Å². The molecule has 1 fully saturated rings. The molecule has 4 aromatic rings. The predicted molar refractivity (Wildman–Crippen MR) is 129 cm³/mol. The Kier molecular flexibility index (Phi) is 4.66. The first-order valence-corrected chi connectivity index (χ1v) is 11.2. The van der Waals surface area contributed by atoms with Crippen molar-refractivity contribution in [2.75, 3.05) is 38.1 Å². The summed E-state index contributed by atoms with van der Waals surface area (Å²) in [7, 11) is 2.10. The van der Waals surface area contributed by atoms with Gasteiger partial charge in [0.05, 0.1) is 16.7 Å². The number of hydrogen-bond donors (Lipinski definition) is 2. The van der Waals surface area contributed by atoms with Crippen molar-refractivity contribution in [2.45, 2.75) is 6.42 Å². The van der Waals surface area contributed by atoms with Crippen molar-refractivity contribution in [1.82, 2.24) is 14.9 Å². The van der Waals surface area contributed by atoms with Gasteiger partial charge in [-0.15, -0.1) is 0 Å². The van der Waals surface area contributed by atoms with Gasteiger partial charge < -0.3 is 20.0 Å². The molecule has 2 heterocycles. The fraction of sp³-hybridized carbons (Fsp3) is 0.231. The van der Waals surface area contributed by atoms with E-state index in [1.165, 1.54) is 6.07 Å². The lowest BCUT2D eigenvalue weighted by atomic mass is 9.99. The molecule has 0 unspecified atom stereocenters. The van der Waals surface area contributed by atoms with E-state index >= 15 is 4.39 Å². The average Bonchev–Trinajstić information content (AvgIpc) is 3.31. The minimum Gasteiger partial charge on any atom is -0.410 e. The van der Waals surface area contributed by atoms with Crippen LogP contribution in [0.4, 0.5) is 10.1 Å². The molecule has 0 saturated carbocycles. The van der Waals surface area contributed by atoms with Crippen LogP contribution < -0.4 is 4.90 Å². The molecule has 33 heavy (non-hydrogen) atoms. The molecule has 2 N–H and O–H groups in total. The van der Waals surface area contributed by atoms with Crippen LogP contribution in [0.3, 0.4) is 0 Å². The summed E-state index contributed by atoms with van der Waals surface area (Å²) in [4.78, 5) is 12.6. The number of aromatic amines is 1. The van der Waals surface area contributed by atoms with Gasteiger partial charge in [-0.25, -0.2) is 9.37 Å². The first-order chi connectivity index (χ1) is 16.1. The fourth-order valence-corrected chi connectivity index (χ4v) is 5.07. The van der Waals surface area contributed by atoms with Gasteiger partial charge in [-0.1, -0.05) is 47.6 Å². The minimum absolute atomic E-state index is 0.247. The topological polar surface area (TPSA) is 67.8 Å². The van der Waals surface area contributed by atoms with Crippen LogP contribution in [0.1, 0.15) is 17.5 Å². The normalized spacial score (nSPS) is 17.4. The molecular formula is C26H24FN5O. The first-order valence-electron chi connectivity index (χ1n) is 11.2. The summed E-state index contributed by atoms with van der Waals surface area (Å²) in [6.45, 7) is 3.57. The minimum atomic E-state index is -0.247. The van der Waals surface area contributed by atoms with Gasteiger partial charge in [-0.2, -0.15) is 0 Å². The molecule has 6 nitrogen and oxygen atoms in total. The number of anilines is 1. The number of halogens is 1. The van der Waals surface area contributed by atoms with Crippen molar-refractivity contribution in [3.8, 4) is 22.5 Å². The van der Waals surface area contributed by atoms with Crippen LogP contribution in [-0.4, -0.2) is 59.0 Å². The summed E-state index contributed by atoms with van der Waals surface area (Å²) in [5.74, 6) is 0.423. The summed E-state index contributed by atoms with van der Waals surface area (Å²) in [5.41, 5.74) is 7.18. The third-order valence-electron chi connectivity index (χ3n) is 6.74. The first kappa shape index (κ1) is 19.9. The van der Waals surface area contributed by atoms with Gasteiger partial charge in [0.2, 0.25) is 0 Å². The Morgan fingerprint density at radius 1 is 0.939 bits per heavy atom. The highest BCUT2D eigenvalue weighted by Gasteiger charge is 2.28. The van der Waals surface area contributed by atoms with E-state index in [9.17, 15) is 5.21 Å². The van der Waals surface area contributed by atoms with Crippen molar-refractivity contribution in [1.29, 1.82) is 0 Å². The van der Waals surface area contributed by atoms with Crippen molar-refractivity contribution < 1.29 is 9.60 Å². The monoisotopic (exact) mass is 441 g/mol. The Labute approximate surface area is 191 Å². The maximum Gasteiger partial charge on any atom is 0.148 e. The summed E-state index contributed by atoms with van der Waals surface area (Å²) < 4.78 is 15.1. The Balaban J connectivity index is 1.47. The molecule has 166 valence electrons. The summed E-state index contributed by atoms with van der Waals surface area (Å²) >= 11 is 0. The Hall–Kier alpha value is -3.71. The number of nitrogens with zero attached hydrogens (tertiary/aromatic N) is 4. The van der Waals surface area contributed by atoms with Crippen LogP contribution in [0.2, 0.25) is 0 Å². The van der Waals surface area contributed by atoms with E-state index in [1.54, 1.807) is 0 Å². The smallest absolute Gasteiger partial charge is 0.148 e. The van der Waals surface area contributed by atoms with Crippen molar-refractivity contribution in [2.24, 2.45) is 5.16 Å². The van der Waals surface area contributed by atoms with Gasteiger partial charge in [0, 0.05) is 48.0 Å². The fourth-order valence-electron chi connectivity index (χ4n) is 5.07. The predicted octanol–water partition coefficient (Wildman–Crippen LogP) is 4.72. The number of hydrogen-bond acceptors (Lipinski definition) is 5. The van der Waals surface area contributed by atoms with Crippen LogP contribution >= 0.6 is 0 Å². The van der Waals surface area contributed by atoms with E-state index in [-0.39, 0.29) is 5.82 Å². The quantitative estimate of drug-likeness (QED) is 0.307. The van der Waals surface area contributed by atoms with Gasteiger partial charge in [-0.3, -0.25) is 0 Å². The summed E-state index contributed by atoms with van der Waals surface area (Å²) in [6.07, 6.45) is 1.01. The highest BCUT2D eigenvalue weighted by atomic mass is 19.1. The largest absolute Gasteiger partial charge is 0.410 e. The van der Waals surface area contributed by atoms with Crippen LogP contribution in [0, 0.1) is 5.82 Å². The highest BCUT2D eigenvalue weighted by Crippen LogP contribution is 2.43. The number of imidazole rings is 1. The zero-order valence-corrected chi connectivity index (χ0v) is 18.3. The van der Waals surface area contributed by atoms with E-state index in [0.717, 1.165) is 65.9 Å². The third kappa shape index (κ3) is 3.19. The Morgan fingerprint density at radius 3 is 2.58 bits per heavy atom. The zero-order chi connectivity index (χ0) is 22.5. The maximum absolute atomic E-state index is 15.1. The van der Waals surface area contributed by atoms with E-state index in [4.69, 9.17) is 4.98 Å². The van der Waals surface area contributed by atoms with Gasteiger partial charge in [0.1, 0.15) is 17.4 Å². The highest BCUT2D eigenvalue weighted by molar-refractivity contribution is 6.26. The number of oxime groups is 1. The van der Waals surface area contributed by atoms with Crippen molar-refractivity contribution in [3.05, 3.63) is 71.5 Å². The molecule has 2 aliphatic rings. The molecule has 0 amide bonds. The van der Waals surface area contributed by atoms with Gasteiger partial charge >= 0.3 is 0 Å². The molecular weight excluding hydrogens is 417 g/mol. The molecule has 1 aliphatic carbocycles. The van der Waals surface area contributed by atoms with E-state index in [1.807, 2.05) is 48.5 Å². The molecule has 1 aliphatic heterocycles. The molecule has 0 radical (unpaired) electrons. The number of H-pyrrole nitrogens is 1. The van der Waals surface area contributed by atoms with Crippen LogP contribution in [0.25, 0.3) is 33.5 Å². The SMILES string of the molecule is CN1CCCN(c2cc3[nH]c(-c4cccc5c4-c4ccccc4C5=NO)nc3cc2F)CC1. The molecule has 6 rings (SSSR count). The maximum atomic E-state index is 15.1. The second-order valence-corrected chi connectivity index (χ2v) is 8.77. The molecule has 0 atom stereocenters. The lowest BCUT2D eigenvalue weighted by Gasteiger charge is -2.23. The summed E-state index contributed by atoms with van der Waals surface area (Å²) in [6, 6.07) is 17.2. The van der Waals surface area contributed by atoms with E-state index in [0.29, 0.717) is 22.7 Å². The second kappa shape index (κ2) is 7.71. The average molecular weight is 442 g/mol. The molecule has 1 saturated heterocycles. The number of rotatable bonds is 2. The van der Waals surface area contributed by atoms with Crippen molar-refractivity contribution >= 4 is 22.4 Å². The number of benzene rings is 3. The zero-order valence-electron chi connectivity index (χ0n) is 18.3. The molecule has 0 bridgehead atoms. The van der Waals surface area contributed by atoms with Gasteiger partial charge in [-0.05, 0) is 31.6 Å². The Morgan fingerprint density at radius 2 is 1.73 bits per heavy atom.